The second-order valence-electron chi connectivity index (χ2n) is 6.05. The number of benzene rings is 2. The van der Waals surface area contributed by atoms with Crippen molar-refractivity contribution >= 4 is 23.4 Å². The fourth-order valence-corrected chi connectivity index (χ4v) is 2.90. The average molecular weight is 359 g/mol. The van der Waals surface area contributed by atoms with Crippen molar-refractivity contribution in [3.63, 3.8) is 0 Å². The first-order chi connectivity index (χ1) is 11.9. The quantitative estimate of drug-likeness (QED) is 0.860. The Bertz CT molecular complexity index is 761. The first kappa shape index (κ1) is 19.0. The number of hydrogen-bond acceptors (Lipinski definition) is 2. The molecule has 0 aliphatic carbocycles. The van der Waals surface area contributed by atoms with Crippen LogP contribution in [0.15, 0.2) is 48.5 Å². The number of likely N-dealkylation sites (N-methyl/N-ethyl adjacent to an activating group) is 1. The van der Waals surface area contributed by atoms with E-state index in [1.807, 2.05) is 43.3 Å². The van der Waals surface area contributed by atoms with Gasteiger partial charge < -0.3 is 10.2 Å². The van der Waals surface area contributed by atoms with Crippen LogP contribution in [-0.4, -0.2) is 29.8 Å². The highest BCUT2D eigenvalue weighted by atomic mass is 35.5. The number of nitrogens with zero attached hydrogens (tertiary/aromatic N) is 1. The highest BCUT2D eigenvalue weighted by Crippen LogP contribution is 2.17. The lowest BCUT2D eigenvalue weighted by molar-refractivity contribution is -0.139. The normalized spacial score (nSPS) is 11.7. The summed E-state index contributed by atoms with van der Waals surface area (Å²) in [6, 6.07) is 14.5. The molecule has 1 atom stereocenters. The molecule has 1 N–H and O–H groups in total. The molecule has 0 spiro atoms. The maximum absolute atomic E-state index is 12.9. The van der Waals surface area contributed by atoms with E-state index in [1.165, 1.54) is 0 Å². The van der Waals surface area contributed by atoms with Gasteiger partial charge in [-0.3, -0.25) is 9.59 Å². The van der Waals surface area contributed by atoms with E-state index >= 15 is 0 Å². The summed E-state index contributed by atoms with van der Waals surface area (Å²) in [4.78, 5) is 26.6. The SMILES string of the molecule is CNC(=O)C(C)N(Cc1ccccc1C)C(=O)Cc1cccc(Cl)c1. The molecule has 2 aromatic rings. The van der Waals surface area contributed by atoms with Gasteiger partial charge in [-0.1, -0.05) is 48.0 Å². The molecule has 25 heavy (non-hydrogen) atoms. The molecule has 0 aromatic heterocycles. The van der Waals surface area contributed by atoms with E-state index in [4.69, 9.17) is 11.6 Å². The molecule has 5 heteroatoms. The Morgan fingerprint density at radius 2 is 1.88 bits per heavy atom. The van der Waals surface area contributed by atoms with Crippen LogP contribution in [0.4, 0.5) is 0 Å². The van der Waals surface area contributed by atoms with Gasteiger partial charge in [-0.05, 0) is 42.7 Å². The predicted octanol–water partition coefficient (Wildman–Crippen LogP) is 3.35. The molecule has 0 aliphatic rings. The van der Waals surface area contributed by atoms with E-state index in [0.29, 0.717) is 11.6 Å². The molecule has 0 heterocycles. The highest BCUT2D eigenvalue weighted by Gasteiger charge is 2.25. The fourth-order valence-electron chi connectivity index (χ4n) is 2.69. The molecular formula is C20H23ClN2O2. The van der Waals surface area contributed by atoms with Crippen LogP contribution in [0.3, 0.4) is 0 Å². The minimum Gasteiger partial charge on any atom is -0.357 e. The summed E-state index contributed by atoms with van der Waals surface area (Å²) in [6.45, 7) is 4.13. The summed E-state index contributed by atoms with van der Waals surface area (Å²) in [5.41, 5.74) is 2.95. The molecule has 0 saturated carbocycles. The lowest BCUT2D eigenvalue weighted by atomic mass is 10.1. The average Bonchev–Trinajstić information content (AvgIpc) is 2.59. The molecule has 132 valence electrons. The van der Waals surface area contributed by atoms with Crippen molar-refractivity contribution < 1.29 is 9.59 Å². The van der Waals surface area contributed by atoms with E-state index < -0.39 is 6.04 Å². The van der Waals surface area contributed by atoms with Crippen LogP contribution in [0.1, 0.15) is 23.6 Å². The molecule has 2 aromatic carbocycles. The molecule has 2 amide bonds. The Morgan fingerprint density at radius 1 is 1.16 bits per heavy atom. The zero-order chi connectivity index (χ0) is 18.4. The van der Waals surface area contributed by atoms with Crippen LogP contribution in [0, 0.1) is 6.92 Å². The van der Waals surface area contributed by atoms with Gasteiger partial charge in [0.05, 0.1) is 6.42 Å². The van der Waals surface area contributed by atoms with Crippen LogP contribution in [0.25, 0.3) is 0 Å². The van der Waals surface area contributed by atoms with E-state index in [9.17, 15) is 9.59 Å². The summed E-state index contributed by atoms with van der Waals surface area (Å²) >= 11 is 6.00. The van der Waals surface area contributed by atoms with Crippen LogP contribution in [0.2, 0.25) is 5.02 Å². The van der Waals surface area contributed by atoms with Gasteiger partial charge in [0.1, 0.15) is 6.04 Å². The number of rotatable bonds is 6. The summed E-state index contributed by atoms with van der Waals surface area (Å²) in [5.74, 6) is -0.297. The minimum absolute atomic E-state index is 0.110. The molecule has 0 saturated heterocycles. The molecule has 0 bridgehead atoms. The third-order valence-electron chi connectivity index (χ3n) is 4.26. The molecule has 4 nitrogen and oxygen atoms in total. The number of hydrogen-bond donors (Lipinski definition) is 1. The van der Waals surface area contributed by atoms with Crippen molar-refractivity contribution in [3.05, 3.63) is 70.2 Å². The standard InChI is InChI=1S/C20H23ClN2O2/c1-14-7-4-5-9-17(14)13-23(15(2)20(25)22-3)19(24)12-16-8-6-10-18(21)11-16/h4-11,15H,12-13H2,1-3H3,(H,22,25). The van der Waals surface area contributed by atoms with Crippen molar-refractivity contribution in [3.8, 4) is 0 Å². The molecular weight excluding hydrogens is 336 g/mol. The topological polar surface area (TPSA) is 49.4 Å². The molecule has 0 fully saturated rings. The first-order valence-corrected chi connectivity index (χ1v) is 8.60. The van der Waals surface area contributed by atoms with Crippen LogP contribution < -0.4 is 5.32 Å². The molecule has 0 radical (unpaired) electrons. The monoisotopic (exact) mass is 358 g/mol. The fraction of sp³-hybridized carbons (Fsp3) is 0.300. The molecule has 1 unspecified atom stereocenters. The third-order valence-corrected chi connectivity index (χ3v) is 4.50. The molecule has 0 aliphatic heterocycles. The Labute approximate surface area is 153 Å². The van der Waals surface area contributed by atoms with Gasteiger partial charge in [0, 0.05) is 18.6 Å². The second kappa shape index (κ2) is 8.67. The van der Waals surface area contributed by atoms with Crippen molar-refractivity contribution in [1.29, 1.82) is 0 Å². The number of carbonyl (C=O) groups excluding carboxylic acids is 2. The summed E-state index contributed by atoms with van der Waals surface area (Å²) in [5, 5.41) is 3.21. The van der Waals surface area contributed by atoms with Gasteiger partial charge in [0.2, 0.25) is 11.8 Å². The zero-order valence-electron chi connectivity index (χ0n) is 14.8. The van der Waals surface area contributed by atoms with E-state index in [-0.39, 0.29) is 18.2 Å². The van der Waals surface area contributed by atoms with Gasteiger partial charge in [-0.15, -0.1) is 0 Å². The molecule has 2 rings (SSSR count). The number of amides is 2. The summed E-state index contributed by atoms with van der Waals surface area (Å²) < 4.78 is 0. The van der Waals surface area contributed by atoms with Crippen molar-refractivity contribution in [2.24, 2.45) is 0 Å². The zero-order valence-corrected chi connectivity index (χ0v) is 15.5. The van der Waals surface area contributed by atoms with Crippen molar-refractivity contribution in [1.82, 2.24) is 10.2 Å². The number of halogens is 1. The van der Waals surface area contributed by atoms with Crippen molar-refractivity contribution in [2.45, 2.75) is 32.9 Å². The first-order valence-electron chi connectivity index (χ1n) is 8.22. The summed E-state index contributed by atoms with van der Waals surface area (Å²) in [7, 11) is 1.58. The van der Waals surface area contributed by atoms with Crippen LogP contribution >= 0.6 is 11.6 Å². The maximum Gasteiger partial charge on any atom is 0.242 e. The van der Waals surface area contributed by atoms with Gasteiger partial charge in [-0.25, -0.2) is 0 Å². The number of nitrogens with one attached hydrogen (secondary N) is 1. The van der Waals surface area contributed by atoms with Crippen LogP contribution in [0.5, 0.6) is 0 Å². The second-order valence-corrected chi connectivity index (χ2v) is 6.48. The predicted molar refractivity (Wildman–Crippen MR) is 100 cm³/mol. The maximum atomic E-state index is 12.9. The lowest BCUT2D eigenvalue weighted by Gasteiger charge is -2.29. The number of aryl methyl sites for hydroxylation is 1. The van der Waals surface area contributed by atoms with E-state index in [2.05, 4.69) is 5.32 Å². The number of carbonyl (C=O) groups is 2. The Morgan fingerprint density at radius 3 is 2.52 bits per heavy atom. The Kier molecular flexibility index (Phi) is 6.59. The van der Waals surface area contributed by atoms with Crippen LogP contribution in [-0.2, 0) is 22.6 Å². The Balaban J connectivity index is 2.25. The largest absolute Gasteiger partial charge is 0.357 e. The van der Waals surface area contributed by atoms with Gasteiger partial charge in [-0.2, -0.15) is 0 Å². The van der Waals surface area contributed by atoms with E-state index in [0.717, 1.165) is 16.7 Å². The van der Waals surface area contributed by atoms with Gasteiger partial charge in [0.15, 0.2) is 0 Å². The third kappa shape index (κ3) is 5.07. The smallest absolute Gasteiger partial charge is 0.242 e. The van der Waals surface area contributed by atoms with E-state index in [1.54, 1.807) is 31.0 Å². The highest BCUT2D eigenvalue weighted by molar-refractivity contribution is 6.30. The Hall–Kier alpha value is -2.33. The lowest BCUT2D eigenvalue weighted by Crippen LogP contribution is -2.47. The summed E-state index contributed by atoms with van der Waals surface area (Å²) in [6.07, 6.45) is 0.202. The van der Waals surface area contributed by atoms with Gasteiger partial charge >= 0.3 is 0 Å². The minimum atomic E-state index is -0.559. The van der Waals surface area contributed by atoms with Crippen molar-refractivity contribution in [2.75, 3.05) is 7.05 Å². The van der Waals surface area contributed by atoms with Gasteiger partial charge in [0.25, 0.3) is 0 Å².